The minimum Gasteiger partial charge on any atom is -0.467 e. The number of benzene rings is 1. The van der Waals surface area contributed by atoms with Gasteiger partial charge in [0, 0.05) is 18.7 Å². The second kappa shape index (κ2) is 7.42. The highest BCUT2D eigenvalue weighted by atomic mass is 19.1. The summed E-state index contributed by atoms with van der Waals surface area (Å²) >= 11 is 0. The van der Waals surface area contributed by atoms with Crippen LogP contribution in [0.5, 0.6) is 0 Å². The first-order chi connectivity index (χ1) is 11.2. The number of hydrogen-bond acceptors (Lipinski definition) is 3. The molecule has 23 heavy (non-hydrogen) atoms. The number of carbonyl (C=O) groups is 1. The Bertz CT molecular complexity index is 642. The normalized spacial score (nSPS) is 18.7. The maximum Gasteiger partial charge on any atom is 0.224 e. The van der Waals surface area contributed by atoms with Crippen LogP contribution in [0, 0.1) is 11.7 Å². The summed E-state index contributed by atoms with van der Waals surface area (Å²) in [6.07, 6.45) is 3.42. The molecule has 1 aromatic heterocycles. The molecule has 3 rings (SSSR count). The molecule has 122 valence electrons. The molecule has 0 radical (unpaired) electrons. The zero-order chi connectivity index (χ0) is 16.1. The third-order valence-electron chi connectivity index (χ3n) is 4.25. The van der Waals surface area contributed by atoms with Gasteiger partial charge >= 0.3 is 0 Å². The van der Waals surface area contributed by atoms with Crippen LogP contribution in [0.2, 0.25) is 0 Å². The Morgan fingerprint density at radius 1 is 1.30 bits per heavy atom. The fraction of sp³-hybridized carbons (Fsp3) is 0.389. The molecule has 1 aliphatic rings. The molecular weight excluding hydrogens is 295 g/mol. The number of rotatable bonds is 5. The van der Waals surface area contributed by atoms with Gasteiger partial charge in [-0.05, 0) is 37.6 Å². The molecule has 1 aliphatic heterocycles. The average molecular weight is 316 g/mol. The lowest BCUT2D eigenvalue weighted by molar-refractivity contribution is -0.127. The lowest BCUT2D eigenvalue weighted by Gasteiger charge is -2.32. The minimum absolute atomic E-state index is 0.0413. The van der Waals surface area contributed by atoms with Crippen LogP contribution in [-0.2, 0) is 17.9 Å². The Morgan fingerprint density at radius 2 is 2.17 bits per heavy atom. The van der Waals surface area contributed by atoms with Crippen LogP contribution in [0.1, 0.15) is 24.2 Å². The standard InChI is InChI=1S/C18H21FN2O2/c19-17-8-2-1-5-14(17)12-21-9-3-6-15(13-21)18(22)20-11-16-7-4-10-23-16/h1-2,4-5,7-8,10,15H,3,6,9,11-13H2,(H,20,22). The maximum atomic E-state index is 13.8. The fourth-order valence-electron chi connectivity index (χ4n) is 3.01. The SMILES string of the molecule is O=C(NCc1ccco1)C1CCCN(Cc2ccccc2F)C1. The molecule has 2 aromatic rings. The summed E-state index contributed by atoms with van der Waals surface area (Å²) in [5.74, 6) is 0.555. The van der Waals surface area contributed by atoms with Crippen molar-refractivity contribution < 1.29 is 13.6 Å². The molecule has 1 saturated heterocycles. The van der Waals surface area contributed by atoms with E-state index in [1.807, 2.05) is 12.1 Å². The molecule has 1 amide bonds. The quantitative estimate of drug-likeness (QED) is 0.922. The van der Waals surface area contributed by atoms with Crippen molar-refractivity contribution in [2.75, 3.05) is 13.1 Å². The molecule has 1 atom stereocenters. The van der Waals surface area contributed by atoms with E-state index in [0.29, 0.717) is 25.2 Å². The van der Waals surface area contributed by atoms with Gasteiger partial charge in [-0.25, -0.2) is 4.39 Å². The highest BCUT2D eigenvalue weighted by Crippen LogP contribution is 2.20. The molecule has 0 aliphatic carbocycles. The first-order valence-electron chi connectivity index (χ1n) is 7.98. The van der Waals surface area contributed by atoms with Gasteiger partial charge in [-0.2, -0.15) is 0 Å². The number of amides is 1. The number of furan rings is 1. The van der Waals surface area contributed by atoms with E-state index in [0.717, 1.165) is 25.1 Å². The number of carbonyl (C=O) groups excluding carboxylic acids is 1. The van der Waals surface area contributed by atoms with Crippen LogP contribution in [0.15, 0.2) is 47.1 Å². The number of piperidine rings is 1. The Morgan fingerprint density at radius 3 is 2.96 bits per heavy atom. The average Bonchev–Trinajstić information content (AvgIpc) is 3.08. The van der Waals surface area contributed by atoms with Crippen molar-refractivity contribution >= 4 is 5.91 Å². The fourth-order valence-corrected chi connectivity index (χ4v) is 3.01. The molecule has 5 heteroatoms. The van der Waals surface area contributed by atoms with Crippen molar-refractivity contribution in [2.24, 2.45) is 5.92 Å². The van der Waals surface area contributed by atoms with Crippen LogP contribution < -0.4 is 5.32 Å². The predicted octanol–water partition coefficient (Wildman–Crippen LogP) is 2.95. The zero-order valence-electron chi connectivity index (χ0n) is 13.0. The topological polar surface area (TPSA) is 45.5 Å². The van der Waals surface area contributed by atoms with Crippen LogP contribution >= 0.6 is 0 Å². The molecule has 1 N–H and O–H groups in total. The van der Waals surface area contributed by atoms with Crippen molar-refractivity contribution in [3.63, 3.8) is 0 Å². The summed E-state index contributed by atoms with van der Waals surface area (Å²) in [5, 5.41) is 2.92. The summed E-state index contributed by atoms with van der Waals surface area (Å²) in [6.45, 7) is 2.53. The Hall–Kier alpha value is -2.14. The number of nitrogens with one attached hydrogen (secondary N) is 1. The summed E-state index contributed by atoms with van der Waals surface area (Å²) in [6, 6.07) is 10.5. The van der Waals surface area contributed by atoms with Crippen molar-refractivity contribution in [2.45, 2.75) is 25.9 Å². The second-order valence-electron chi connectivity index (χ2n) is 5.96. The smallest absolute Gasteiger partial charge is 0.224 e. The van der Waals surface area contributed by atoms with Gasteiger partial charge < -0.3 is 9.73 Å². The van der Waals surface area contributed by atoms with Crippen molar-refractivity contribution in [3.05, 3.63) is 59.8 Å². The number of halogens is 1. The maximum absolute atomic E-state index is 13.8. The summed E-state index contributed by atoms with van der Waals surface area (Å²) in [4.78, 5) is 14.5. The second-order valence-corrected chi connectivity index (χ2v) is 5.96. The van der Waals surface area contributed by atoms with Crippen LogP contribution in [-0.4, -0.2) is 23.9 Å². The monoisotopic (exact) mass is 316 g/mol. The van der Waals surface area contributed by atoms with Gasteiger partial charge in [0.25, 0.3) is 0 Å². The first-order valence-corrected chi connectivity index (χ1v) is 7.98. The lowest BCUT2D eigenvalue weighted by Crippen LogP contribution is -2.42. The van der Waals surface area contributed by atoms with E-state index in [9.17, 15) is 9.18 Å². The summed E-state index contributed by atoms with van der Waals surface area (Å²) < 4.78 is 19.0. The van der Waals surface area contributed by atoms with Gasteiger partial charge in [-0.3, -0.25) is 9.69 Å². The number of nitrogens with zero attached hydrogens (tertiary/aromatic N) is 1. The van der Waals surface area contributed by atoms with Crippen molar-refractivity contribution in [3.8, 4) is 0 Å². The van der Waals surface area contributed by atoms with E-state index in [2.05, 4.69) is 10.2 Å². The predicted molar refractivity (Wildman–Crippen MR) is 85.0 cm³/mol. The van der Waals surface area contributed by atoms with Crippen LogP contribution in [0.4, 0.5) is 4.39 Å². The third kappa shape index (κ3) is 4.20. The molecule has 1 fully saturated rings. The van der Waals surface area contributed by atoms with Crippen LogP contribution in [0.25, 0.3) is 0 Å². The zero-order valence-corrected chi connectivity index (χ0v) is 13.0. The molecule has 0 spiro atoms. The molecule has 1 aromatic carbocycles. The molecular formula is C18H21FN2O2. The molecule has 0 bridgehead atoms. The van der Waals surface area contributed by atoms with Gasteiger partial charge in [0.2, 0.25) is 5.91 Å². The molecule has 1 unspecified atom stereocenters. The van der Waals surface area contributed by atoms with E-state index in [4.69, 9.17) is 4.42 Å². The largest absolute Gasteiger partial charge is 0.467 e. The summed E-state index contributed by atoms with van der Waals surface area (Å²) in [7, 11) is 0. The van der Waals surface area contributed by atoms with Crippen molar-refractivity contribution in [1.82, 2.24) is 10.2 Å². The van der Waals surface area contributed by atoms with Gasteiger partial charge in [-0.15, -0.1) is 0 Å². The molecule has 4 nitrogen and oxygen atoms in total. The number of likely N-dealkylation sites (tertiary alicyclic amines) is 1. The van der Waals surface area contributed by atoms with Gasteiger partial charge in [0.05, 0.1) is 18.7 Å². The Balaban J connectivity index is 1.53. The van der Waals surface area contributed by atoms with Crippen LogP contribution in [0.3, 0.4) is 0 Å². The first kappa shape index (κ1) is 15.7. The minimum atomic E-state index is -0.183. The molecule has 0 saturated carbocycles. The number of hydrogen-bond donors (Lipinski definition) is 1. The summed E-state index contributed by atoms with van der Waals surface area (Å²) in [5.41, 5.74) is 0.684. The van der Waals surface area contributed by atoms with Gasteiger partial charge in [0.1, 0.15) is 11.6 Å². The van der Waals surface area contributed by atoms with Gasteiger partial charge in [-0.1, -0.05) is 18.2 Å². The Labute approximate surface area is 135 Å². The third-order valence-corrected chi connectivity index (χ3v) is 4.25. The lowest BCUT2D eigenvalue weighted by atomic mass is 9.96. The molecule has 2 heterocycles. The highest BCUT2D eigenvalue weighted by molar-refractivity contribution is 5.78. The Kier molecular flexibility index (Phi) is 5.08. The van der Waals surface area contributed by atoms with Crippen molar-refractivity contribution in [1.29, 1.82) is 0 Å². The van der Waals surface area contributed by atoms with E-state index < -0.39 is 0 Å². The van der Waals surface area contributed by atoms with E-state index in [1.165, 1.54) is 6.07 Å². The van der Waals surface area contributed by atoms with E-state index >= 15 is 0 Å². The van der Waals surface area contributed by atoms with E-state index in [1.54, 1.807) is 24.5 Å². The highest BCUT2D eigenvalue weighted by Gasteiger charge is 2.26. The van der Waals surface area contributed by atoms with E-state index in [-0.39, 0.29) is 17.6 Å². The van der Waals surface area contributed by atoms with Gasteiger partial charge in [0.15, 0.2) is 0 Å².